The normalized spacial score (nSPS) is 32.3. The minimum atomic E-state index is -4.23. The highest BCUT2D eigenvalue weighted by Crippen LogP contribution is 2.42. The van der Waals surface area contributed by atoms with E-state index >= 15 is 0 Å². The number of cyclic esters (lactones) is 1. The van der Waals surface area contributed by atoms with Gasteiger partial charge >= 0.3 is 22.3 Å². The summed E-state index contributed by atoms with van der Waals surface area (Å²) in [7, 11) is 3.89. The molecule has 0 radical (unpaired) electrons. The molecule has 3 saturated heterocycles. The lowest BCUT2D eigenvalue weighted by molar-refractivity contribution is -0.319. The molecule has 0 spiro atoms. The topological polar surface area (TPSA) is 319 Å². The molecule has 18 unspecified atom stereocenters. The maximum Gasteiger partial charge on any atom is 0.397 e. The zero-order chi connectivity index (χ0) is 70.2. The SMILES string of the molecule is CCC(=O)OC1C(OC2C(C)C(OC3CC(C)(OC)C(O)C(C)O3)C(C)C(=O)OC(CC)C(C)(O)C(O)C(C)C(=O)C(C)CC2(C)O)OC(C)CC1N(C)C.CCCCCCCCCCCCOS(=O)(=O)O.COc1cc(O)c(C(=O)C=Cc2ccccc2)c(OC)c1. The second kappa shape index (κ2) is 38.9. The molecule has 23 nitrogen and oxygen atoms in total. The van der Waals surface area contributed by atoms with Crippen LogP contribution in [0.3, 0.4) is 0 Å². The number of esters is 2. The Kier molecular flexibility index (Phi) is 34.5. The number of phenols is 1. The second-order valence-electron chi connectivity index (χ2n) is 26.1. The second-order valence-corrected chi connectivity index (χ2v) is 27.1. The van der Waals surface area contributed by atoms with E-state index in [0.717, 1.165) is 18.4 Å². The number of likely N-dealkylation sites (N-methyl/N-ethyl adjacent to an activating group) is 1. The average Bonchev–Trinajstić information content (AvgIpc) is 0.795. The van der Waals surface area contributed by atoms with Crippen LogP contribution in [0.2, 0.25) is 0 Å². The van der Waals surface area contributed by atoms with Crippen LogP contribution in [0.15, 0.2) is 48.5 Å². The Bertz CT molecular complexity index is 2730. The predicted octanol–water partition coefficient (Wildman–Crippen LogP) is 9.78. The standard InChI is InChI=1S/C40H71NO14.C17H16O4.C12H26O4S/c1-15-27-40(11,48)33(44)22(5)30(43)20(3)18-38(9,47)35(55-37-32(53-28(42)16-2)26(41(12)13)17-21(4)50-37)23(6)31(24(7)36(46)52-27)54-29-19-39(10,49-14)34(45)25(8)51-29;1-20-13-10-15(19)17(16(11-13)21-2)14(18)9-8-12-6-4-3-5-7-12;1-2-3-4-5-6-7-8-9-10-11-12-16-17(13,14)15/h20-27,29,31-35,37,44-45,47-48H,15-19H2,1-14H3;3-11,19H,1-2H3;2-12H2,1H3,(H,13,14,15). The summed E-state index contributed by atoms with van der Waals surface area (Å²) in [6.07, 6.45) is 5.26. The number of ether oxygens (including phenoxy) is 9. The maximum atomic E-state index is 14.2. The quantitative estimate of drug-likeness (QED) is 0.0168. The minimum Gasteiger partial charge on any atom is -0.507 e. The van der Waals surface area contributed by atoms with Crippen molar-refractivity contribution in [2.45, 2.75) is 264 Å². The third kappa shape index (κ3) is 25.0. The highest BCUT2D eigenvalue weighted by Gasteiger charge is 2.54. The first kappa shape index (κ1) is 82.6. The van der Waals surface area contributed by atoms with E-state index in [0.29, 0.717) is 18.6 Å². The first-order chi connectivity index (χ1) is 43.6. The fourth-order valence-corrected chi connectivity index (χ4v) is 12.8. The van der Waals surface area contributed by atoms with Gasteiger partial charge < -0.3 is 73.1 Å². The molecule has 6 N–H and O–H groups in total. The van der Waals surface area contributed by atoms with Gasteiger partial charge in [-0.1, -0.05) is 136 Å². The number of nitrogens with zero attached hydrogens (tertiary/aromatic N) is 1. The van der Waals surface area contributed by atoms with Crippen molar-refractivity contribution < 1.29 is 104 Å². The molecule has 3 aliphatic rings. The van der Waals surface area contributed by atoms with E-state index in [4.69, 9.17) is 47.2 Å². The van der Waals surface area contributed by atoms with Gasteiger partial charge in [0.1, 0.15) is 46.4 Å². The van der Waals surface area contributed by atoms with Crippen molar-refractivity contribution in [3.8, 4) is 17.2 Å². The molecule has 532 valence electrons. The molecule has 3 aliphatic heterocycles. The van der Waals surface area contributed by atoms with Crippen molar-refractivity contribution in [1.29, 1.82) is 0 Å². The average molecular weight is 1340 g/mol. The predicted molar refractivity (Wildman–Crippen MR) is 351 cm³/mol. The van der Waals surface area contributed by atoms with E-state index < -0.39 is 124 Å². The molecule has 18 atom stereocenters. The molecule has 0 saturated carbocycles. The molecule has 0 aromatic heterocycles. The molecular weight excluding hydrogens is 1230 g/mol. The Morgan fingerprint density at radius 3 is 1.91 bits per heavy atom. The van der Waals surface area contributed by atoms with Crippen molar-refractivity contribution in [2.75, 3.05) is 42.0 Å². The van der Waals surface area contributed by atoms with Crippen LogP contribution in [0.5, 0.6) is 17.2 Å². The number of phenolic OH excluding ortho intramolecular Hbond substituents is 1. The van der Waals surface area contributed by atoms with Crippen LogP contribution < -0.4 is 9.47 Å². The Morgan fingerprint density at radius 2 is 1.38 bits per heavy atom. The summed E-state index contributed by atoms with van der Waals surface area (Å²) in [4.78, 5) is 55.1. The summed E-state index contributed by atoms with van der Waals surface area (Å²) in [6.45, 7) is 20.3. The van der Waals surface area contributed by atoms with Gasteiger partial charge in [0.15, 0.2) is 24.5 Å². The number of allylic oxidation sites excluding steroid dienone is 1. The van der Waals surface area contributed by atoms with Gasteiger partial charge in [-0.25, -0.2) is 4.18 Å². The Balaban J connectivity index is 0.000000479. The molecule has 24 heteroatoms. The van der Waals surface area contributed by atoms with Crippen LogP contribution in [0.4, 0.5) is 0 Å². The number of hydrogen-bond acceptors (Lipinski definition) is 22. The van der Waals surface area contributed by atoms with Crippen molar-refractivity contribution in [3.05, 3.63) is 59.7 Å². The molecule has 0 bridgehead atoms. The zero-order valence-electron chi connectivity index (χ0n) is 58.2. The number of carbonyl (C=O) groups is 4. The fourth-order valence-electron chi connectivity index (χ4n) is 12.4. The molecule has 3 heterocycles. The summed E-state index contributed by atoms with van der Waals surface area (Å²) in [6, 6.07) is 12.1. The zero-order valence-corrected chi connectivity index (χ0v) is 59.1. The van der Waals surface area contributed by atoms with Crippen LogP contribution in [-0.4, -0.2) is 193 Å². The van der Waals surface area contributed by atoms with Gasteiger partial charge in [0, 0.05) is 49.8 Å². The molecular formula is C69H113NO22S. The number of aliphatic hydroxyl groups is 4. The smallest absolute Gasteiger partial charge is 0.397 e. The number of aromatic hydroxyl groups is 1. The van der Waals surface area contributed by atoms with Crippen LogP contribution in [-0.2, 0) is 62.1 Å². The molecule has 0 amide bonds. The summed E-state index contributed by atoms with van der Waals surface area (Å²) in [5, 5.41) is 56.6. The van der Waals surface area contributed by atoms with Gasteiger partial charge in [0.2, 0.25) is 0 Å². The van der Waals surface area contributed by atoms with E-state index in [1.807, 2.05) is 56.3 Å². The van der Waals surface area contributed by atoms with Gasteiger partial charge in [-0.05, 0) is 93.0 Å². The monoisotopic (exact) mass is 1340 g/mol. The van der Waals surface area contributed by atoms with Crippen molar-refractivity contribution in [2.24, 2.45) is 23.7 Å². The lowest BCUT2D eigenvalue weighted by atomic mass is 9.74. The van der Waals surface area contributed by atoms with E-state index in [-0.39, 0.29) is 67.3 Å². The third-order valence-electron chi connectivity index (χ3n) is 18.1. The summed E-state index contributed by atoms with van der Waals surface area (Å²) in [5.74, 6) is -5.40. The number of rotatable bonds is 26. The van der Waals surface area contributed by atoms with E-state index in [9.17, 15) is 53.1 Å². The van der Waals surface area contributed by atoms with E-state index in [2.05, 4.69) is 11.1 Å². The highest BCUT2D eigenvalue weighted by molar-refractivity contribution is 7.80. The molecule has 5 rings (SSSR count). The molecule has 93 heavy (non-hydrogen) atoms. The Morgan fingerprint density at radius 1 is 0.774 bits per heavy atom. The first-order valence-electron chi connectivity index (χ1n) is 33.0. The van der Waals surface area contributed by atoms with Crippen molar-refractivity contribution >= 4 is 40.0 Å². The summed E-state index contributed by atoms with van der Waals surface area (Å²) < 4.78 is 86.8. The lowest BCUT2D eigenvalue weighted by Crippen LogP contribution is -2.61. The number of carbonyl (C=O) groups excluding carboxylic acids is 4. The number of benzene rings is 2. The van der Waals surface area contributed by atoms with Gasteiger partial charge in [0.05, 0.1) is 74.5 Å². The molecule has 2 aromatic rings. The number of aliphatic hydroxyl groups excluding tert-OH is 2. The van der Waals surface area contributed by atoms with Crippen molar-refractivity contribution in [1.82, 2.24) is 4.90 Å². The van der Waals surface area contributed by atoms with Crippen LogP contribution in [0, 0.1) is 23.7 Å². The largest absolute Gasteiger partial charge is 0.507 e. The third-order valence-corrected chi connectivity index (χ3v) is 18.5. The number of ketones is 2. The first-order valence-corrected chi connectivity index (χ1v) is 34.4. The summed E-state index contributed by atoms with van der Waals surface area (Å²) in [5.41, 5.74) is -3.90. The Labute approximate surface area is 553 Å². The number of unbranched alkanes of at least 4 members (excludes halogenated alkanes) is 9. The van der Waals surface area contributed by atoms with E-state index in [1.165, 1.54) is 99.2 Å². The Hall–Kier alpha value is -4.67. The number of Topliss-reactive ketones (excluding diaryl/α,β-unsaturated/α-hetero) is 1. The maximum absolute atomic E-state index is 14.2. The van der Waals surface area contributed by atoms with Crippen LogP contribution >= 0.6 is 0 Å². The molecule has 2 aromatic carbocycles. The van der Waals surface area contributed by atoms with Gasteiger partial charge in [-0.2, -0.15) is 8.42 Å². The van der Waals surface area contributed by atoms with Crippen LogP contribution in [0.1, 0.15) is 195 Å². The van der Waals surface area contributed by atoms with Gasteiger partial charge in [-0.3, -0.25) is 23.7 Å². The highest BCUT2D eigenvalue weighted by atomic mass is 32.3. The molecule has 0 aliphatic carbocycles. The minimum absolute atomic E-state index is 0.0760. The van der Waals surface area contributed by atoms with Gasteiger partial charge in [-0.15, -0.1) is 0 Å². The fraction of sp³-hybridized carbons (Fsp3) is 0.739. The van der Waals surface area contributed by atoms with E-state index in [1.54, 1.807) is 60.6 Å². The van der Waals surface area contributed by atoms with Gasteiger partial charge in [0.25, 0.3) is 0 Å². The number of methoxy groups -OCH3 is 3. The number of hydrogen-bond donors (Lipinski definition) is 6. The van der Waals surface area contributed by atoms with Crippen molar-refractivity contribution in [3.63, 3.8) is 0 Å². The lowest BCUT2D eigenvalue weighted by Gasteiger charge is -2.49. The summed E-state index contributed by atoms with van der Waals surface area (Å²) >= 11 is 0. The molecule has 3 fully saturated rings. The van der Waals surface area contributed by atoms with Crippen LogP contribution in [0.25, 0.3) is 6.08 Å².